The molecular formula is C23H39IN4O2. The first-order valence-corrected chi connectivity index (χ1v) is 11.1. The predicted molar refractivity (Wildman–Crippen MR) is 134 cm³/mol. The van der Waals surface area contributed by atoms with E-state index in [1.165, 1.54) is 25.7 Å². The van der Waals surface area contributed by atoms with E-state index in [2.05, 4.69) is 46.1 Å². The van der Waals surface area contributed by atoms with Gasteiger partial charge in [-0.15, -0.1) is 24.0 Å². The Labute approximate surface area is 199 Å². The molecule has 1 heterocycles. The van der Waals surface area contributed by atoms with E-state index in [1.807, 2.05) is 13.1 Å². The number of likely N-dealkylation sites (N-methyl/N-ethyl adjacent to an activating group) is 1. The van der Waals surface area contributed by atoms with Crippen molar-refractivity contribution in [2.45, 2.75) is 46.1 Å². The van der Waals surface area contributed by atoms with Gasteiger partial charge in [0.1, 0.15) is 6.61 Å². The number of nitrogens with zero attached hydrogens (tertiary/aromatic N) is 3. The first-order chi connectivity index (χ1) is 14.1. The van der Waals surface area contributed by atoms with Gasteiger partial charge >= 0.3 is 0 Å². The third-order valence-electron chi connectivity index (χ3n) is 6.60. The third-order valence-corrected chi connectivity index (χ3v) is 6.60. The van der Waals surface area contributed by atoms with Gasteiger partial charge in [-0.25, -0.2) is 0 Å². The zero-order valence-corrected chi connectivity index (χ0v) is 21.4. The average Bonchev–Trinajstić information content (AvgIpc) is 3.18. The van der Waals surface area contributed by atoms with Crippen molar-refractivity contribution >= 4 is 29.9 Å². The van der Waals surface area contributed by atoms with Crippen LogP contribution in [0.2, 0.25) is 0 Å². The maximum Gasteiger partial charge on any atom is 0.193 e. The van der Waals surface area contributed by atoms with Crippen LogP contribution < -0.4 is 14.8 Å². The Hall–Kier alpha value is -1.22. The zero-order chi connectivity index (χ0) is 20.7. The molecule has 1 aliphatic carbocycles. The second-order valence-corrected chi connectivity index (χ2v) is 8.29. The molecule has 0 unspecified atom stereocenters. The van der Waals surface area contributed by atoms with E-state index < -0.39 is 0 Å². The normalized spacial score (nSPS) is 17.6. The van der Waals surface area contributed by atoms with Crippen LogP contribution in [0.1, 0.15) is 45.1 Å². The van der Waals surface area contributed by atoms with Crippen molar-refractivity contribution in [1.82, 2.24) is 15.1 Å². The summed E-state index contributed by atoms with van der Waals surface area (Å²) in [6, 6.07) is 6.18. The van der Waals surface area contributed by atoms with Gasteiger partial charge in [-0.2, -0.15) is 0 Å². The number of hydrogen-bond acceptors (Lipinski definition) is 4. The minimum Gasteiger partial charge on any atom is -0.493 e. The molecule has 1 aliphatic heterocycles. The predicted octanol–water partition coefficient (Wildman–Crippen LogP) is 3.99. The van der Waals surface area contributed by atoms with Crippen molar-refractivity contribution in [2.24, 2.45) is 10.4 Å². The first-order valence-electron chi connectivity index (χ1n) is 11.1. The Morgan fingerprint density at radius 2 is 1.97 bits per heavy atom. The van der Waals surface area contributed by atoms with Crippen molar-refractivity contribution in [1.29, 1.82) is 0 Å². The molecule has 2 fully saturated rings. The topological polar surface area (TPSA) is 49.3 Å². The molecule has 2 aliphatic rings. The minimum atomic E-state index is 0. The molecule has 1 N–H and O–H groups in total. The van der Waals surface area contributed by atoms with Gasteiger partial charge in [-0.05, 0) is 55.5 Å². The highest BCUT2D eigenvalue weighted by atomic mass is 127. The van der Waals surface area contributed by atoms with Crippen molar-refractivity contribution < 1.29 is 9.47 Å². The second kappa shape index (κ2) is 12.0. The monoisotopic (exact) mass is 530 g/mol. The highest BCUT2D eigenvalue weighted by Crippen LogP contribution is 2.47. The van der Waals surface area contributed by atoms with Gasteiger partial charge in [0.15, 0.2) is 17.5 Å². The van der Waals surface area contributed by atoms with Crippen molar-refractivity contribution in [3.05, 3.63) is 23.8 Å². The summed E-state index contributed by atoms with van der Waals surface area (Å²) >= 11 is 0. The highest BCUT2D eigenvalue weighted by Gasteiger charge is 2.43. The van der Waals surface area contributed by atoms with Crippen LogP contribution in [-0.2, 0) is 6.54 Å². The molecule has 0 radical (unpaired) electrons. The number of ether oxygens (including phenoxy) is 2. The number of methoxy groups -OCH3 is 1. The number of benzene rings is 1. The zero-order valence-electron chi connectivity index (χ0n) is 19.1. The van der Waals surface area contributed by atoms with Gasteiger partial charge in [0.25, 0.3) is 0 Å². The smallest absolute Gasteiger partial charge is 0.193 e. The molecule has 3 rings (SSSR count). The van der Waals surface area contributed by atoms with E-state index in [4.69, 9.17) is 9.47 Å². The van der Waals surface area contributed by atoms with Crippen molar-refractivity contribution in [3.8, 4) is 11.5 Å². The summed E-state index contributed by atoms with van der Waals surface area (Å²) in [6.07, 6.45) is 5.46. The summed E-state index contributed by atoms with van der Waals surface area (Å²) in [5, 5.41) is 3.53. The van der Waals surface area contributed by atoms with Crippen LogP contribution in [0.25, 0.3) is 0 Å². The van der Waals surface area contributed by atoms with E-state index in [0.717, 1.165) is 62.3 Å². The summed E-state index contributed by atoms with van der Waals surface area (Å²) in [4.78, 5) is 9.28. The first kappa shape index (κ1) is 25.0. The lowest BCUT2D eigenvalue weighted by Gasteiger charge is -2.38. The lowest BCUT2D eigenvalue weighted by molar-refractivity contribution is 0.151. The molecule has 30 heavy (non-hydrogen) atoms. The van der Waals surface area contributed by atoms with Gasteiger partial charge in [-0.3, -0.25) is 4.99 Å². The quantitative estimate of drug-likeness (QED) is 0.298. The Balaban J connectivity index is 0.00000320. The molecule has 7 heteroatoms. The fourth-order valence-corrected chi connectivity index (χ4v) is 4.48. The largest absolute Gasteiger partial charge is 0.493 e. The average molecular weight is 530 g/mol. The van der Waals surface area contributed by atoms with Crippen molar-refractivity contribution in [2.75, 3.05) is 53.5 Å². The van der Waals surface area contributed by atoms with Gasteiger partial charge in [-0.1, -0.05) is 26.3 Å². The number of likely N-dealkylation sites (tertiary alicyclic amines) is 1. The molecule has 0 atom stereocenters. The third kappa shape index (κ3) is 6.15. The maximum absolute atomic E-state index is 5.97. The van der Waals surface area contributed by atoms with Crippen LogP contribution in [0.5, 0.6) is 11.5 Å². The van der Waals surface area contributed by atoms with Crippen LogP contribution in [0.3, 0.4) is 0 Å². The number of aliphatic imine (C=N–C) groups is 1. The molecule has 0 amide bonds. The van der Waals surface area contributed by atoms with Crippen molar-refractivity contribution in [3.63, 3.8) is 0 Å². The van der Waals surface area contributed by atoms with Crippen LogP contribution in [0.15, 0.2) is 23.2 Å². The summed E-state index contributed by atoms with van der Waals surface area (Å²) in [7, 11) is 3.58. The van der Waals surface area contributed by atoms with Gasteiger partial charge < -0.3 is 24.6 Å². The fourth-order valence-electron chi connectivity index (χ4n) is 4.48. The standard InChI is InChI=1S/C23H38N4O2.HI/c1-5-26(6-2)14-15-29-20-9-8-19(16-21(20)28-4)17-25-22(24-3)27-13-12-23(18-27)10-7-11-23;/h8-9,16H,5-7,10-15,17-18H2,1-4H3,(H,24,25);1H. The lowest BCUT2D eigenvalue weighted by Crippen LogP contribution is -2.42. The molecule has 1 spiro atoms. The van der Waals surface area contributed by atoms with E-state index in [1.54, 1.807) is 7.11 Å². The molecule has 1 aromatic rings. The summed E-state index contributed by atoms with van der Waals surface area (Å²) < 4.78 is 11.5. The number of hydrogen-bond donors (Lipinski definition) is 1. The van der Waals surface area contributed by atoms with Gasteiger partial charge in [0, 0.05) is 33.2 Å². The Morgan fingerprint density at radius 1 is 1.20 bits per heavy atom. The number of guanidine groups is 1. The number of halogens is 1. The summed E-state index contributed by atoms with van der Waals surface area (Å²) in [5.74, 6) is 2.60. The van der Waals surface area contributed by atoms with E-state index >= 15 is 0 Å². The lowest BCUT2D eigenvalue weighted by atomic mass is 9.68. The van der Waals surface area contributed by atoms with E-state index in [0.29, 0.717) is 12.0 Å². The maximum atomic E-state index is 5.97. The molecule has 6 nitrogen and oxygen atoms in total. The van der Waals surface area contributed by atoms with Gasteiger partial charge in [0.2, 0.25) is 0 Å². The molecule has 0 aromatic heterocycles. The Bertz CT molecular complexity index is 690. The molecular weight excluding hydrogens is 491 g/mol. The molecule has 1 aromatic carbocycles. The van der Waals surface area contributed by atoms with Gasteiger partial charge in [0.05, 0.1) is 7.11 Å². The molecule has 1 saturated heterocycles. The fraction of sp³-hybridized carbons (Fsp3) is 0.696. The number of rotatable bonds is 9. The molecule has 170 valence electrons. The van der Waals surface area contributed by atoms with Crippen LogP contribution in [-0.4, -0.2) is 69.2 Å². The Morgan fingerprint density at radius 3 is 2.53 bits per heavy atom. The van der Waals surface area contributed by atoms with Crippen LogP contribution >= 0.6 is 24.0 Å². The van der Waals surface area contributed by atoms with Crippen LogP contribution in [0.4, 0.5) is 0 Å². The molecule has 0 bridgehead atoms. The Kier molecular flexibility index (Phi) is 10.0. The SMILES string of the molecule is CCN(CC)CCOc1ccc(CNC(=NC)N2CCC3(CCC3)C2)cc1OC.I. The second-order valence-electron chi connectivity index (χ2n) is 8.29. The number of nitrogens with one attached hydrogen (secondary N) is 1. The summed E-state index contributed by atoms with van der Waals surface area (Å²) in [6.45, 7) is 11.0. The highest BCUT2D eigenvalue weighted by molar-refractivity contribution is 14.0. The summed E-state index contributed by atoms with van der Waals surface area (Å²) in [5.41, 5.74) is 1.74. The van der Waals surface area contributed by atoms with E-state index in [9.17, 15) is 0 Å². The van der Waals surface area contributed by atoms with Crippen LogP contribution in [0, 0.1) is 5.41 Å². The minimum absolute atomic E-state index is 0. The molecule has 1 saturated carbocycles. The van der Waals surface area contributed by atoms with E-state index in [-0.39, 0.29) is 24.0 Å².